The van der Waals surface area contributed by atoms with Gasteiger partial charge in [0.25, 0.3) is 11.2 Å². The van der Waals surface area contributed by atoms with Crippen molar-refractivity contribution >= 4 is 29.1 Å². The standard InChI is InChI=1S/C27H25N3O7S/c1-5-12-37-20-11-10-18(15-21(20)35-4)24-23(26(32)36-6-2)16(3)28-27-29(24)25(31)22(38-27)14-17-8-7-9-19(13-17)30(33)34/h5,7-11,13-15,24H,1,6,12H2,2-4H3. The molecule has 0 bridgehead atoms. The smallest absolute Gasteiger partial charge is 0.338 e. The average molecular weight is 536 g/mol. The van der Waals surface area contributed by atoms with Crippen molar-refractivity contribution < 1.29 is 23.9 Å². The number of allylic oxidation sites excluding steroid dienone is 1. The number of benzene rings is 2. The summed E-state index contributed by atoms with van der Waals surface area (Å²) in [5.41, 5.74) is 1.24. The van der Waals surface area contributed by atoms with Crippen LogP contribution in [0.3, 0.4) is 0 Å². The van der Waals surface area contributed by atoms with E-state index in [1.807, 2.05) is 0 Å². The molecule has 0 amide bonds. The lowest BCUT2D eigenvalue weighted by Gasteiger charge is -2.25. The van der Waals surface area contributed by atoms with Gasteiger partial charge in [0.2, 0.25) is 0 Å². The van der Waals surface area contributed by atoms with Crippen LogP contribution in [0.25, 0.3) is 6.08 Å². The van der Waals surface area contributed by atoms with Crippen molar-refractivity contribution in [3.05, 3.63) is 107 Å². The molecule has 0 saturated heterocycles. The Morgan fingerprint density at radius 2 is 2.05 bits per heavy atom. The Labute approximate surface area is 221 Å². The highest BCUT2D eigenvalue weighted by Crippen LogP contribution is 2.36. The Balaban J connectivity index is 1.93. The molecule has 10 nitrogen and oxygen atoms in total. The zero-order valence-corrected chi connectivity index (χ0v) is 21.8. The van der Waals surface area contributed by atoms with Crippen LogP contribution >= 0.6 is 11.3 Å². The van der Waals surface area contributed by atoms with Crippen LogP contribution in [-0.4, -0.2) is 35.8 Å². The number of fused-ring (bicyclic) bond motifs is 1. The Kier molecular flexibility index (Phi) is 7.87. The monoisotopic (exact) mass is 535 g/mol. The minimum Gasteiger partial charge on any atom is -0.493 e. The summed E-state index contributed by atoms with van der Waals surface area (Å²) >= 11 is 1.13. The molecule has 1 aliphatic heterocycles. The first-order chi connectivity index (χ1) is 18.3. The number of nitrogens with zero attached hydrogens (tertiary/aromatic N) is 3. The van der Waals surface area contributed by atoms with Crippen LogP contribution in [0.1, 0.15) is 31.0 Å². The molecule has 1 aromatic heterocycles. The van der Waals surface area contributed by atoms with Crippen LogP contribution < -0.4 is 24.4 Å². The number of thiazole rings is 1. The van der Waals surface area contributed by atoms with E-state index in [1.54, 1.807) is 56.3 Å². The van der Waals surface area contributed by atoms with E-state index in [2.05, 4.69) is 11.6 Å². The number of nitro groups is 1. The van der Waals surface area contributed by atoms with Gasteiger partial charge < -0.3 is 14.2 Å². The Morgan fingerprint density at radius 3 is 2.74 bits per heavy atom. The van der Waals surface area contributed by atoms with Crippen molar-refractivity contribution in [2.24, 2.45) is 4.99 Å². The van der Waals surface area contributed by atoms with Gasteiger partial charge in [0.05, 0.1) is 40.5 Å². The minimum absolute atomic E-state index is 0.0873. The molecule has 2 aromatic carbocycles. The molecule has 38 heavy (non-hydrogen) atoms. The minimum atomic E-state index is -0.847. The fourth-order valence-electron chi connectivity index (χ4n) is 4.11. The first kappa shape index (κ1) is 26.6. The number of nitro benzene ring substituents is 1. The number of rotatable bonds is 9. The van der Waals surface area contributed by atoms with Gasteiger partial charge in [-0.3, -0.25) is 19.5 Å². The molecule has 3 aromatic rings. The van der Waals surface area contributed by atoms with Crippen LogP contribution in [0.5, 0.6) is 11.5 Å². The normalized spacial score (nSPS) is 14.9. The summed E-state index contributed by atoms with van der Waals surface area (Å²) in [6, 6.07) is 10.3. The summed E-state index contributed by atoms with van der Waals surface area (Å²) in [5.74, 6) is 0.311. The predicted molar refractivity (Wildman–Crippen MR) is 142 cm³/mol. The van der Waals surface area contributed by atoms with E-state index in [0.717, 1.165) is 11.3 Å². The number of esters is 1. The lowest BCUT2D eigenvalue weighted by Crippen LogP contribution is -2.40. The van der Waals surface area contributed by atoms with Gasteiger partial charge in [0.15, 0.2) is 16.3 Å². The van der Waals surface area contributed by atoms with E-state index < -0.39 is 22.5 Å². The fraction of sp³-hybridized carbons (Fsp3) is 0.222. The van der Waals surface area contributed by atoms with Crippen molar-refractivity contribution in [1.82, 2.24) is 4.57 Å². The number of non-ortho nitro benzene ring substituents is 1. The number of carbonyl (C=O) groups is 1. The molecule has 0 fully saturated rings. The van der Waals surface area contributed by atoms with E-state index in [-0.39, 0.29) is 24.5 Å². The number of aromatic nitrogens is 1. The third-order valence-electron chi connectivity index (χ3n) is 5.76. The Hall–Kier alpha value is -4.51. The summed E-state index contributed by atoms with van der Waals surface area (Å²) in [7, 11) is 1.50. The maximum Gasteiger partial charge on any atom is 0.338 e. The zero-order valence-electron chi connectivity index (χ0n) is 21.0. The van der Waals surface area contributed by atoms with E-state index in [4.69, 9.17) is 14.2 Å². The molecule has 0 saturated carbocycles. The molecular weight excluding hydrogens is 510 g/mol. The van der Waals surface area contributed by atoms with Gasteiger partial charge in [0, 0.05) is 12.1 Å². The van der Waals surface area contributed by atoms with Crippen molar-refractivity contribution in [2.75, 3.05) is 20.3 Å². The number of methoxy groups -OCH3 is 1. The number of carbonyl (C=O) groups excluding carboxylic acids is 1. The van der Waals surface area contributed by atoms with Gasteiger partial charge >= 0.3 is 5.97 Å². The quantitative estimate of drug-likeness (QED) is 0.178. The van der Waals surface area contributed by atoms with Crippen LogP contribution in [0.2, 0.25) is 0 Å². The molecule has 196 valence electrons. The van der Waals surface area contributed by atoms with Crippen LogP contribution in [0, 0.1) is 10.1 Å². The van der Waals surface area contributed by atoms with E-state index >= 15 is 0 Å². The highest BCUT2D eigenvalue weighted by atomic mass is 32.1. The Bertz CT molecular complexity index is 1630. The number of ether oxygens (including phenoxy) is 3. The van der Waals surface area contributed by atoms with Gasteiger partial charge in [-0.2, -0.15) is 0 Å². The maximum atomic E-state index is 13.7. The largest absolute Gasteiger partial charge is 0.493 e. The second kappa shape index (κ2) is 11.3. The van der Waals surface area contributed by atoms with Crippen molar-refractivity contribution in [2.45, 2.75) is 19.9 Å². The highest BCUT2D eigenvalue weighted by Gasteiger charge is 2.34. The van der Waals surface area contributed by atoms with Crippen LogP contribution in [0.4, 0.5) is 5.69 Å². The second-order valence-corrected chi connectivity index (χ2v) is 9.17. The first-order valence-corrected chi connectivity index (χ1v) is 12.5. The fourth-order valence-corrected chi connectivity index (χ4v) is 5.16. The van der Waals surface area contributed by atoms with Gasteiger partial charge in [-0.15, -0.1) is 0 Å². The molecule has 11 heteroatoms. The molecular formula is C27H25N3O7S. The van der Waals surface area contributed by atoms with Gasteiger partial charge in [-0.25, -0.2) is 9.79 Å². The predicted octanol–water partition coefficient (Wildman–Crippen LogP) is 3.28. The maximum absolute atomic E-state index is 13.7. The first-order valence-electron chi connectivity index (χ1n) is 11.6. The highest BCUT2D eigenvalue weighted by molar-refractivity contribution is 7.07. The summed E-state index contributed by atoms with van der Waals surface area (Å²) < 4.78 is 18.2. The topological polar surface area (TPSA) is 122 Å². The lowest BCUT2D eigenvalue weighted by atomic mass is 9.95. The summed E-state index contributed by atoms with van der Waals surface area (Å²) in [4.78, 5) is 42.4. The van der Waals surface area contributed by atoms with Crippen molar-refractivity contribution in [1.29, 1.82) is 0 Å². The van der Waals surface area contributed by atoms with E-state index in [0.29, 0.717) is 37.7 Å². The van der Waals surface area contributed by atoms with Crippen LogP contribution in [-0.2, 0) is 9.53 Å². The molecule has 1 unspecified atom stereocenters. The molecule has 0 radical (unpaired) electrons. The van der Waals surface area contributed by atoms with Crippen molar-refractivity contribution in [3.8, 4) is 11.5 Å². The second-order valence-electron chi connectivity index (χ2n) is 8.16. The molecule has 0 spiro atoms. The zero-order chi connectivity index (χ0) is 27.4. The molecule has 1 atom stereocenters. The third-order valence-corrected chi connectivity index (χ3v) is 6.74. The van der Waals surface area contributed by atoms with Crippen LogP contribution in [0.15, 0.2) is 76.2 Å². The lowest BCUT2D eigenvalue weighted by molar-refractivity contribution is -0.384. The summed E-state index contributed by atoms with van der Waals surface area (Å²) in [6.45, 7) is 7.47. The molecule has 0 aliphatic carbocycles. The number of hydrogen-bond acceptors (Lipinski definition) is 9. The van der Waals surface area contributed by atoms with E-state index in [1.165, 1.54) is 23.8 Å². The molecule has 0 N–H and O–H groups in total. The molecule has 4 rings (SSSR count). The van der Waals surface area contributed by atoms with Gasteiger partial charge in [-0.05, 0) is 43.2 Å². The SMILES string of the molecule is C=CCOc1ccc(C2C(C(=O)OCC)=C(C)N=c3sc(=Cc4cccc([N+](=O)[O-])c4)c(=O)n32)cc1OC. The van der Waals surface area contributed by atoms with Gasteiger partial charge in [0.1, 0.15) is 6.61 Å². The molecule has 1 aliphatic rings. The summed E-state index contributed by atoms with van der Waals surface area (Å²) in [6.07, 6.45) is 3.18. The van der Waals surface area contributed by atoms with Crippen molar-refractivity contribution in [3.63, 3.8) is 0 Å². The number of hydrogen-bond donors (Lipinski definition) is 0. The molecule has 2 heterocycles. The van der Waals surface area contributed by atoms with Gasteiger partial charge in [-0.1, -0.05) is 42.2 Å². The average Bonchev–Trinajstić information content (AvgIpc) is 3.20. The van der Waals surface area contributed by atoms with E-state index in [9.17, 15) is 19.7 Å². The third kappa shape index (κ3) is 5.14. The Morgan fingerprint density at radius 1 is 1.26 bits per heavy atom. The summed E-state index contributed by atoms with van der Waals surface area (Å²) in [5, 5.41) is 11.2.